The summed E-state index contributed by atoms with van der Waals surface area (Å²) < 4.78 is 64.4. The van der Waals surface area contributed by atoms with Crippen LogP contribution in [0.15, 0.2) is 30.5 Å². The summed E-state index contributed by atoms with van der Waals surface area (Å²) in [6.07, 6.45) is 6.55. The predicted molar refractivity (Wildman–Crippen MR) is 189 cm³/mol. The van der Waals surface area contributed by atoms with Gasteiger partial charge in [0.05, 0.1) is 10.9 Å². The molecular weight excluding hydrogens is 675 g/mol. The largest absolute Gasteiger partial charge is 0.481 e. The van der Waals surface area contributed by atoms with Gasteiger partial charge in [-0.1, -0.05) is 13.0 Å². The Morgan fingerprint density at radius 3 is 2.79 bits per heavy atom. The van der Waals surface area contributed by atoms with E-state index >= 15 is 8.78 Å². The van der Waals surface area contributed by atoms with Gasteiger partial charge in [-0.25, -0.2) is 13.2 Å². The number of piperidine rings is 1. The van der Waals surface area contributed by atoms with Crippen molar-refractivity contribution in [2.24, 2.45) is 11.3 Å². The number of pyridine rings is 1. The third-order valence-corrected chi connectivity index (χ3v) is 11.9. The second-order valence-electron chi connectivity index (χ2n) is 15.3. The van der Waals surface area contributed by atoms with E-state index in [-0.39, 0.29) is 42.5 Å². The summed E-state index contributed by atoms with van der Waals surface area (Å²) in [5, 5.41) is 11.1. The van der Waals surface area contributed by atoms with E-state index in [1.807, 2.05) is 6.92 Å². The maximum Gasteiger partial charge on any atom is 0.319 e. The Labute approximate surface area is 300 Å². The molecule has 1 N–H and O–H groups in total. The molecule has 3 saturated heterocycles. The molecule has 4 aliphatic rings. The second-order valence-corrected chi connectivity index (χ2v) is 15.3. The third kappa shape index (κ3) is 6.19. The number of aliphatic carboxylic acids is 1. The summed E-state index contributed by atoms with van der Waals surface area (Å²) in [6, 6.07) is 6.44. The van der Waals surface area contributed by atoms with Crippen molar-refractivity contribution in [3.8, 4) is 23.0 Å². The number of fused-ring (bicyclic) bond motifs is 5. The van der Waals surface area contributed by atoms with Gasteiger partial charge < -0.3 is 24.2 Å². The van der Waals surface area contributed by atoms with Gasteiger partial charge in [0.15, 0.2) is 12.6 Å². The smallest absolute Gasteiger partial charge is 0.319 e. The van der Waals surface area contributed by atoms with Crippen LogP contribution in [-0.2, 0) is 16.0 Å². The van der Waals surface area contributed by atoms with E-state index in [1.165, 1.54) is 13.2 Å². The molecule has 0 spiro atoms. The van der Waals surface area contributed by atoms with Crippen molar-refractivity contribution in [1.82, 2.24) is 19.9 Å². The monoisotopic (exact) mass is 719 g/mol. The van der Waals surface area contributed by atoms with Crippen LogP contribution >= 0.6 is 0 Å². The number of nitrogens with zero attached hydrogens (tertiary/aromatic N) is 5. The van der Waals surface area contributed by atoms with Crippen molar-refractivity contribution in [2.45, 2.75) is 76.4 Å². The number of aryl methyl sites for hydroxylation is 1. The summed E-state index contributed by atoms with van der Waals surface area (Å²) in [4.78, 5) is 30.1. The first-order chi connectivity index (χ1) is 25.1. The molecule has 5 heterocycles. The van der Waals surface area contributed by atoms with Crippen molar-refractivity contribution in [1.29, 1.82) is 0 Å². The number of ether oxygens (including phenoxy) is 3. The fourth-order valence-electron chi connectivity index (χ4n) is 9.64. The number of carboxylic acids is 1. The summed E-state index contributed by atoms with van der Waals surface area (Å²) >= 11 is 0. The number of halogens is 3. The summed E-state index contributed by atoms with van der Waals surface area (Å²) in [7, 11) is 1.50. The summed E-state index contributed by atoms with van der Waals surface area (Å²) in [5.41, 5.74) is 0.0990. The number of benzene rings is 2. The highest BCUT2D eigenvalue weighted by Crippen LogP contribution is 2.51. The van der Waals surface area contributed by atoms with Gasteiger partial charge in [-0.2, -0.15) is 9.97 Å². The van der Waals surface area contributed by atoms with Gasteiger partial charge in [0, 0.05) is 51.3 Å². The molecule has 4 fully saturated rings. The maximum absolute atomic E-state index is 17.3. The van der Waals surface area contributed by atoms with E-state index in [1.54, 1.807) is 24.4 Å². The molecule has 2 aromatic heterocycles. The van der Waals surface area contributed by atoms with Crippen molar-refractivity contribution in [2.75, 3.05) is 51.6 Å². The van der Waals surface area contributed by atoms with Crippen LogP contribution in [-0.4, -0.2) is 89.3 Å². The lowest BCUT2D eigenvalue weighted by Gasteiger charge is -2.41. The molecule has 52 heavy (non-hydrogen) atoms. The van der Waals surface area contributed by atoms with E-state index in [0.717, 1.165) is 38.6 Å². The van der Waals surface area contributed by atoms with Gasteiger partial charge in [0.1, 0.15) is 41.4 Å². The minimum Gasteiger partial charge on any atom is -0.481 e. The van der Waals surface area contributed by atoms with Crippen LogP contribution in [0.3, 0.4) is 0 Å². The number of aromatic nitrogens is 3. The lowest BCUT2D eigenvalue weighted by molar-refractivity contribution is -0.137. The molecule has 2 aromatic carbocycles. The van der Waals surface area contributed by atoms with Crippen molar-refractivity contribution < 1.29 is 37.3 Å². The highest BCUT2D eigenvalue weighted by molar-refractivity contribution is 6.01. The van der Waals surface area contributed by atoms with Gasteiger partial charge >= 0.3 is 12.0 Å². The van der Waals surface area contributed by atoms with E-state index in [0.29, 0.717) is 83.7 Å². The molecule has 3 aliphatic heterocycles. The lowest BCUT2D eigenvalue weighted by atomic mass is 9.78. The number of alkyl halides is 1. The number of rotatable bonds is 12. The molecule has 4 aromatic rings. The number of hydrogen-bond donors (Lipinski definition) is 1. The Hall–Kier alpha value is -4.23. The molecule has 0 amide bonds. The fraction of sp³-hybridized carbons (Fsp3) is 0.538. The quantitative estimate of drug-likeness (QED) is 0.152. The van der Waals surface area contributed by atoms with Crippen LogP contribution in [0, 0.1) is 23.0 Å². The van der Waals surface area contributed by atoms with Gasteiger partial charge in [0.2, 0.25) is 0 Å². The van der Waals surface area contributed by atoms with Crippen LogP contribution < -0.4 is 14.4 Å². The number of methoxy groups -OCH3 is 1. The molecule has 2 unspecified atom stereocenters. The fourth-order valence-corrected chi connectivity index (χ4v) is 9.64. The molecule has 276 valence electrons. The molecule has 8 rings (SSSR count). The normalized spacial score (nSPS) is 25.7. The van der Waals surface area contributed by atoms with E-state index in [9.17, 15) is 14.3 Å². The Balaban J connectivity index is 1.26. The number of anilines is 1. The molecule has 0 radical (unpaired) electrons. The molecule has 1 saturated carbocycles. The molecular formula is C39H44F3N5O5. The zero-order valence-electron chi connectivity index (χ0n) is 29.6. The minimum absolute atomic E-state index is 0.00360. The summed E-state index contributed by atoms with van der Waals surface area (Å²) in [6.45, 7) is 4.39. The average molecular weight is 720 g/mol. The average Bonchev–Trinajstić information content (AvgIpc) is 3.77. The second kappa shape index (κ2) is 13.6. The molecule has 13 heteroatoms. The Morgan fingerprint density at radius 2 is 1.98 bits per heavy atom. The Morgan fingerprint density at radius 1 is 1.12 bits per heavy atom. The Kier molecular flexibility index (Phi) is 9.13. The zero-order valence-corrected chi connectivity index (χ0v) is 29.6. The molecule has 2 bridgehead atoms. The van der Waals surface area contributed by atoms with Crippen molar-refractivity contribution in [3.63, 3.8) is 0 Å². The highest BCUT2D eigenvalue weighted by atomic mass is 19.1. The number of carboxylic acid groups (broad SMARTS) is 1. The highest BCUT2D eigenvalue weighted by Gasteiger charge is 2.50. The first-order valence-electron chi connectivity index (χ1n) is 18.3. The van der Waals surface area contributed by atoms with Crippen molar-refractivity contribution in [3.05, 3.63) is 47.7 Å². The third-order valence-electron chi connectivity index (χ3n) is 11.9. The zero-order chi connectivity index (χ0) is 36.2. The van der Waals surface area contributed by atoms with E-state index in [4.69, 9.17) is 19.2 Å². The van der Waals surface area contributed by atoms with Crippen LogP contribution in [0.5, 0.6) is 11.8 Å². The molecule has 1 aliphatic carbocycles. The van der Waals surface area contributed by atoms with Crippen LogP contribution in [0.2, 0.25) is 0 Å². The lowest BCUT2D eigenvalue weighted by Crippen LogP contribution is -2.44. The van der Waals surface area contributed by atoms with Crippen molar-refractivity contribution >= 4 is 33.5 Å². The van der Waals surface area contributed by atoms with Crippen LogP contribution in [0.1, 0.15) is 63.9 Å². The standard InChI is InChI=1S/C39H44F3N5O5/c1-3-27-30(41)6-5-24-13-26(52-22-50-2)14-28(32(24)27)34-33(42)35-29(17-43-34)36(46-18-23-7-10-38(15-23,20-46)11-8-31(48)49)45-37(44-35)51-21-39-9-4-12-47(39)19-25(40)16-39/h5-6,13-14,17,23,25H,3-4,7-12,15-16,18-22H2,1-2H3,(H,48,49)/t23?,25-,38?,39+/m1/s1. The van der Waals surface area contributed by atoms with Gasteiger partial charge in [0.25, 0.3) is 0 Å². The van der Waals surface area contributed by atoms with Crippen LogP contribution in [0.4, 0.5) is 19.0 Å². The minimum atomic E-state index is -0.940. The SMILES string of the molecule is CCc1c(F)ccc2cc(OCOC)cc(-c3ncc4c(N5CC6CCC(CCC(=O)O)(C6)C5)nc(OC[C@@]56CCCN5C[C@H](F)C6)nc4c3F)c12. The molecule has 10 nitrogen and oxygen atoms in total. The maximum atomic E-state index is 17.3. The number of carbonyl (C=O) groups is 1. The predicted octanol–water partition coefficient (Wildman–Crippen LogP) is 7.09. The molecule has 4 atom stereocenters. The van der Waals surface area contributed by atoms with Gasteiger partial charge in [-0.3, -0.25) is 14.7 Å². The first kappa shape index (κ1) is 34.8. The Bertz CT molecular complexity index is 2030. The van der Waals surface area contributed by atoms with Crippen LogP contribution in [0.25, 0.3) is 32.9 Å². The first-order valence-corrected chi connectivity index (χ1v) is 18.3. The summed E-state index contributed by atoms with van der Waals surface area (Å²) in [5.74, 6) is -0.720. The van der Waals surface area contributed by atoms with Gasteiger partial charge in [-0.05, 0) is 97.4 Å². The topological polar surface area (TPSA) is 110 Å². The van der Waals surface area contributed by atoms with E-state index in [2.05, 4.69) is 19.8 Å². The number of hydrogen-bond acceptors (Lipinski definition) is 9. The van der Waals surface area contributed by atoms with Gasteiger partial charge in [-0.15, -0.1) is 0 Å². The van der Waals surface area contributed by atoms with E-state index < -0.39 is 29.3 Å².